The molecular weight excluding hydrogens is 277 g/mol. The summed E-state index contributed by atoms with van der Waals surface area (Å²) in [6, 6.07) is 14.9. The van der Waals surface area contributed by atoms with Gasteiger partial charge < -0.3 is 0 Å². The van der Waals surface area contributed by atoms with Gasteiger partial charge in [0.05, 0.1) is 0 Å². The summed E-state index contributed by atoms with van der Waals surface area (Å²) < 4.78 is 13.2. The maximum atomic E-state index is 13.2. The van der Waals surface area contributed by atoms with E-state index in [0.29, 0.717) is 11.1 Å². The van der Waals surface area contributed by atoms with Crippen LogP contribution >= 0.6 is 0 Å². The van der Waals surface area contributed by atoms with Gasteiger partial charge in [0.15, 0.2) is 0 Å². The molecule has 2 nitrogen and oxygen atoms in total. The van der Waals surface area contributed by atoms with Crippen molar-refractivity contribution in [2.45, 2.75) is 19.8 Å². The number of benzene rings is 2. The summed E-state index contributed by atoms with van der Waals surface area (Å²) in [6.45, 7) is 2.09. The number of Topliss-reactive ketones (excluding diaryl/α,β-unsaturated/α-hetero) is 1. The van der Waals surface area contributed by atoms with Gasteiger partial charge in [-0.2, -0.15) is 5.26 Å². The zero-order chi connectivity index (χ0) is 15.9. The number of nitrogens with zero attached hydrogens (tertiary/aromatic N) is 1. The Bertz CT molecular complexity index is 739. The van der Waals surface area contributed by atoms with Crippen LogP contribution in [0.3, 0.4) is 0 Å². The van der Waals surface area contributed by atoms with E-state index in [9.17, 15) is 14.4 Å². The predicted molar refractivity (Wildman–Crippen MR) is 84.8 cm³/mol. The van der Waals surface area contributed by atoms with Crippen LogP contribution in [0.5, 0.6) is 0 Å². The molecule has 0 bridgehead atoms. The third kappa shape index (κ3) is 3.89. The molecule has 0 saturated carbocycles. The molecule has 22 heavy (non-hydrogen) atoms. The molecule has 0 atom stereocenters. The fraction of sp³-hybridized carbons (Fsp3) is 0.158. The van der Waals surface area contributed by atoms with Crippen LogP contribution in [-0.2, 0) is 6.42 Å². The molecule has 0 saturated heterocycles. The van der Waals surface area contributed by atoms with Crippen molar-refractivity contribution < 1.29 is 9.18 Å². The van der Waals surface area contributed by atoms with Crippen LogP contribution in [0.4, 0.5) is 4.39 Å². The zero-order valence-corrected chi connectivity index (χ0v) is 12.3. The number of hydrogen-bond acceptors (Lipinski definition) is 2. The first kappa shape index (κ1) is 15.7. The summed E-state index contributed by atoms with van der Waals surface area (Å²) >= 11 is 0. The van der Waals surface area contributed by atoms with Crippen LogP contribution in [0.25, 0.3) is 6.08 Å². The highest BCUT2D eigenvalue weighted by Crippen LogP contribution is 2.15. The van der Waals surface area contributed by atoms with E-state index < -0.39 is 5.82 Å². The lowest BCUT2D eigenvalue weighted by molar-refractivity contribution is 0.104. The van der Waals surface area contributed by atoms with Gasteiger partial charge in [0.2, 0.25) is 5.78 Å². The largest absolute Gasteiger partial charge is 0.288 e. The topological polar surface area (TPSA) is 40.9 Å². The summed E-state index contributed by atoms with van der Waals surface area (Å²) in [5.41, 5.74) is 2.11. The molecule has 2 aromatic rings. The smallest absolute Gasteiger partial charge is 0.203 e. The highest BCUT2D eigenvalue weighted by atomic mass is 19.1. The third-order valence-corrected chi connectivity index (χ3v) is 3.28. The molecule has 0 spiro atoms. The van der Waals surface area contributed by atoms with Crippen molar-refractivity contribution in [2.75, 3.05) is 0 Å². The van der Waals surface area contributed by atoms with Gasteiger partial charge in [-0.05, 0) is 35.8 Å². The highest BCUT2D eigenvalue weighted by Gasteiger charge is 2.12. The molecule has 2 rings (SSSR count). The van der Waals surface area contributed by atoms with Crippen LogP contribution in [0.1, 0.15) is 34.8 Å². The number of halogens is 1. The number of aryl methyl sites for hydroxylation is 1. The Balaban J connectivity index is 2.27. The normalized spacial score (nSPS) is 11.0. The molecule has 0 aromatic heterocycles. The Morgan fingerprint density at radius 2 is 1.95 bits per heavy atom. The lowest BCUT2D eigenvalue weighted by atomic mass is 10.00. The minimum absolute atomic E-state index is 0.00570. The first-order valence-corrected chi connectivity index (χ1v) is 7.15. The number of nitriles is 1. The fourth-order valence-corrected chi connectivity index (χ4v) is 2.18. The van der Waals surface area contributed by atoms with Crippen molar-refractivity contribution in [3.05, 3.63) is 76.6 Å². The van der Waals surface area contributed by atoms with E-state index in [1.54, 1.807) is 24.3 Å². The van der Waals surface area contributed by atoms with Crippen LogP contribution in [0.2, 0.25) is 0 Å². The van der Waals surface area contributed by atoms with Crippen molar-refractivity contribution in [3.63, 3.8) is 0 Å². The lowest BCUT2D eigenvalue weighted by Gasteiger charge is -2.02. The molecule has 0 amide bonds. The molecule has 0 aliphatic carbocycles. The molecule has 0 fully saturated rings. The van der Waals surface area contributed by atoms with E-state index in [0.717, 1.165) is 18.4 Å². The Kier molecular flexibility index (Phi) is 5.21. The Hall–Kier alpha value is -2.73. The van der Waals surface area contributed by atoms with Crippen molar-refractivity contribution in [1.29, 1.82) is 5.26 Å². The first-order chi connectivity index (χ1) is 10.6. The Morgan fingerprint density at radius 1 is 1.23 bits per heavy atom. The second-order valence-electron chi connectivity index (χ2n) is 5.00. The van der Waals surface area contributed by atoms with Gasteiger partial charge in [-0.25, -0.2) is 4.39 Å². The van der Waals surface area contributed by atoms with Crippen LogP contribution in [0, 0.1) is 17.1 Å². The van der Waals surface area contributed by atoms with Crippen LogP contribution in [0.15, 0.2) is 54.1 Å². The van der Waals surface area contributed by atoms with Gasteiger partial charge in [-0.15, -0.1) is 0 Å². The van der Waals surface area contributed by atoms with E-state index in [2.05, 4.69) is 6.92 Å². The quantitative estimate of drug-likeness (QED) is 0.460. The van der Waals surface area contributed by atoms with Crippen molar-refractivity contribution in [1.82, 2.24) is 0 Å². The standard InChI is InChI=1S/C19H16FNO/c1-2-4-14-7-9-16(10-8-14)19(22)17(13-21)11-15-5-3-6-18(20)12-15/h3,5-12H,2,4H2,1H3/b17-11+. The van der Waals surface area contributed by atoms with Crippen molar-refractivity contribution in [2.24, 2.45) is 0 Å². The number of ketones is 1. The van der Waals surface area contributed by atoms with E-state index in [4.69, 9.17) is 0 Å². The molecular formula is C19H16FNO. The maximum Gasteiger partial charge on any atom is 0.203 e. The van der Waals surface area contributed by atoms with Gasteiger partial charge in [-0.3, -0.25) is 4.79 Å². The number of hydrogen-bond donors (Lipinski definition) is 0. The summed E-state index contributed by atoms with van der Waals surface area (Å²) in [7, 11) is 0. The predicted octanol–water partition coefficient (Wildman–Crippen LogP) is 4.57. The SMILES string of the molecule is CCCc1ccc(C(=O)/C(C#N)=C/c2cccc(F)c2)cc1. The molecule has 0 aliphatic rings. The monoisotopic (exact) mass is 293 g/mol. The van der Waals surface area contributed by atoms with E-state index in [1.165, 1.54) is 18.2 Å². The number of carbonyl (C=O) groups excluding carboxylic acids is 1. The van der Waals surface area contributed by atoms with Gasteiger partial charge in [0.25, 0.3) is 0 Å². The van der Waals surface area contributed by atoms with Crippen LogP contribution in [-0.4, -0.2) is 5.78 Å². The summed E-state index contributed by atoms with van der Waals surface area (Å²) in [5, 5.41) is 9.19. The number of allylic oxidation sites excluding steroid dienone is 1. The Labute approximate surface area is 129 Å². The second-order valence-corrected chi connectivity index (χ2v) is 5.00. The molecule has 0 aliphatic heterocycles. The molecule has 0 radical (unpaired) electrons. The molecule has 3 heteroatoms. The lowest BCUT2D eigenvalue weighted by Crippen LogP contribution is -2.02. The van der Waals surface area contributed by atoms with E-state index >= 15 is 0 Å². The number of carbonyl (C=O) groups is 1. The van der Waals surface area contributed by atoms with Gasteiger partial charge >= 0.3 is 0 Å². The van der Waals surface area contributed by atoms with Crippen molar-refractivity contribution >= 4 is 11.9 Å². The van der Waals surface area contributed by atoms with Crippen LogP contribution < -0.4 is 0 Å². The van der Waals surface area contributed by atoms with Gasteiger partial charge in [-0.1, -0.05) is 49.7 Å². The first-order valence-electron chi connectivity index (χ1n) is 7.15. The zero-order valence-electron chi connectivity index (χ0n) is 12.3. The minimum Gasteiger partial charge on any atom is -0.288 e. The average molecular weight is 293 g/mol. The van der Waals surface area contributed by atoms with Crippen molar-refractivity contribution in [3.8, 4) is 6.07 Å². The summed E-state index contributed by atoms with van der Waals surface area (Å²) in [4.78, 5) is 12.3. The highest BCUT2D eigenvalue weighted by molar-refractivity contribution is 6.14. The Morgan fingerprint density at radius 3 is 2.55 bits per heavy atom. The fourth-order valence-electron chi connectivity index (χ4n) is 2.18. The van der Waals surface area contributed by atoms with E-state index in [1.807, 2.05) is 18.2 Å². The molecule has 110 valence electrons. The summed E-state index contributed by atoms with van der Waals surface area (Å²) in [6.07, 6.45) is 3.40. The molecule has 0 N–H and O–H groups in total. The second kappa shape index (κ2) is 7.33. The third-order valence-electron chi connectivity index (χ3n) is 3.28. The van der Waals surface area contributed by atoms with E-state index in [-0.39, 0.29) is 11.4 Å². The molecule has 2 aromatic carbocycles. The number of rotatable bonds is 5. The maximum absolute atomic E-state index is 13.2. The average Bonchev–Trinajstić information content (AvgIpc) is 2.53. The van der Waals surface area contributed by atoms with Gasteiger partial charge in [0, 0.05) is 5.56 Å². The summed E-state index contributed by atoms with van der Waals surface area (Å²) in [5.74, 6) is -0.753. The molecule has 0 unspecified atom stereocenters. The minimum atomic E-state index is -0.401. The molecule has 0 heterocycles. The van der Waals surface area contributed by atoms with Gasteiger partial charge in [0.1, 0.15) is 17.5 Å².